The Bertz CT molecular complexity index is 314. The summed E-state index contributed by atoms with van der Waals surface area (Å²) in [6.07, 6.45) is 7.77. The lowest BCUT2D eigenvalue weighted by Crippen LogP contribution is -2.06. The van der Waals surface area contributed by atoms with Crippen molar-refractivity contribution in [2.24, 2.45) is 0 Å². The van der Waals surface area contributed by atoms with Gasteiger partial charge in [-0.1, -0.05) is 18.7 Å². The highest BCUT2D eigenvalue weighted by Gasteiger charge is 2.07. The van der Waals surface area contributed by atoms with Crippen molar-refractivity contribution < 1.29 is 4.58 Å². The third-order valence-corrected chi connectivity index (χ3v) is 2.20. The summed E-state index contributed by atoms with van der Waals surface area (Å²) in [7, 11) is 1.97. The molecule has 1 heteroatoms. The van der Waals surface area contributed by atoms with Gasteiger partial charge in [0.05, 0.1) is 0 Å². The van der Waals surface area contributed by atoms with Crippen LogP contribution in [0, 0.1) is 0 Å². The van der Waals surface area contributed by atoms with Gasteiger partial charge in [-0.25, -0.2) is 4.58 Å². The van der Waals surface area contributed by atoms with Gasteiger partial charge in [-0.3, -0.25) is 0 Å². The monoisotopic (exact) mass is 190 g/mol. The van der Waals surface area contributed by atoms with E-state index in [0.29, 0.717) is 0 Å². The summed E-state index contributed by atoms with van der Waals surface area (Å²) in [5.41, 5.74) is 3.44. The van der Waals surface area contributed by atoms with Crippen LogP contribution in [0.5, 0.6) is 0 Å². The van der Waals surface area contributed by atoms with E-state index in [9.17, 15) is 0 Å². The molecule has 76 valence electrons. The van der Waals surface area contributed by atoms with Gasteiger partial charge in [0.2, 0.25) is 5.70 Å². The van der Waals surface area contributed by atoms with Gasteiger partial charge in [-0.2, -0.15) is 0 Å². The van der Waals surface area contributed by atoms with Gasteiger partial charge in [0.25, 0.3) is 0 Å². The van der Waals surface area contributed by atoms with Gasteiger partial charge in [0.1, 0.15) is 7.05 Å². The van der Waals surface area contributed by atoms with Crippen molar-refractivity contribution in [3.63, 3.8) is 0 Å². The zero-order chi connectivity index (χ0) is 11.1. The van der Waals surface area contributed by atoms with E-state index in [0.717, 1.165) is 5.70 Å². The van der Waals surface area contributed by atoms with Crippen LogP contribution in [0.25, 0.3) is 0 Å². The predicted octanol–water partition coefficient (Wildman–Crippen LogP) is 3.31. The predicted molar refractivity (Wildman–Crippen MR) is 64.8 cm³/mol. The smallest absolute Gasteiger partial charge is 0.200 e. The van der Waals surface area contributed by atoms with Crippen LogP contribution >= 0.6 is 0 Å². The zero-order valence-corrected chi connectivity index (χ0v) is 9.67. The first-order valence-corrected chi connectivity index (χ1v) is 4.72. The molecule has 0 aromatic carbocycles. The topological polar surface area (TPSA) is 3.01 Å². The zero-order valence-electron chi connectivity index (χ0n) is 9.67. The minimum atomic E-state index is 1.00. The summed E-state index contributed by atoms with van der Waals surface area (Å²) in [6.45, 7) is 13.9. The van der Waals surface area contributed by atoms with E-state index in [1.54, 1.807) is 6.08 Å². The Morgan fingerprint density at radius 1 is 1.29 bits per heavy atom. The molecule has 0 saturated carbocycles. The van der Waals surface area contributed by atoms with Crippen molar-refractivity contribution in [3.8, 4) is 0 Å². The van der Waals surface area contributed by atoms with Crippen LogP contribution in [-0.4, -0.2) is 17.8 Å². The average Bonchev–Trinajstić information content (AvgIpc) is 2.16. The van der Waals surface area contributed by atoms with E-state index in [1.165, 1.54) is 11.1 Å². The van der Waals surface area contributed by atoms with E-state index < -0.39 is 0 Å². The first-order valence-electron chi connectivity index (χ1n) is 4.72. The van der Waals surface area contributed by atoms with Gasteiger partial charge in [0, 0.05) is 5.57 Å². The van der Waals surface area contributed by atoms with Crippen molar-refractivity contribution in [2.45, 2.75) is 20.8 Å². The highest BCUT2D eigenvalue weighted by atomic mass is 15.0. The Balaban J connectivity index is 4.96. The summed E-state index contributed by atoms with van der Waals surface area (Å²) >= 11 is 0. The number of likely N-dealkylation sites (N-methyl/N-ethyl adjacent to an activating group) is 1. The standard InChI is InChI=1S/C13H20N/c1-7-9-11(3)12(4)13(5)14(6)10-8-2/h7-10H,2,5H2,1,3-4,6H3/q+1/b9-7-,12-11+,14-10-. The molecule has 0 aromatic rings. The quantitative estimate of drug-likeness (QED) is 0.363. The third-order valence-electron chi connectivity index (χ3n) is 2.20. The molecule has 0 fully saturated rings. The van der Waals surface area contributed by atoms with Crippen LogP contribution < -0.4 is 0 Å². The first-order chi connectivity index (χ1) is 6.54. The van der Waals surface area contributed by atoms with E-state index in [2.05, 4.69) is 33.1 Å². The molecule has 0 aromatic heterocycles. The second-order valence-corrected chi connectivity index (χ2v) is 3.25. The molecule has 0 rings (SSSR count). The second kappa shape index (κ2) is 6.14. The van der Waals surface area contributed by atoms with Crippen molar-refractivity contribution in [3.05, 3.63) is 48.2 Å². The van der Waals surface area contributed by atoms with Crippen LogP contribution in [0.15, 0.2) is 48.2 Å². The van der Waals surface area contributed by atoms with Gasteiger partial charge in [0.15, 0.2) is 6.21 Å². The largest absolute Gasteiger partial charge is 0.202 e. The van der Waals surface area contributed by atoms with Crippen LogP contribution in [0.4, 0.5) is 0 Å². The molecule has 0 aliphatic heterocycles. The molecule has 0 heterocycles. The van der Waals surface area contributed by atoms with Crippen molar-refractivity contribution in [1.82, 2.24) is 0 Å². The lowest BCUT2D eigenvalue weighted by molar-refractivity contribution is -0.433. The lowest BCUT2D eigenvalue weighted by Gasteiger charge is -2.03. The summed E-state index contributed by atoms with van der Waals surface area (Å²) in [6, 6.07) is 0. The molecule has 0 N–H and O–H groups in total. The second-order valence-electron chi connectivity index (χ2n) is 3.25. The van der Waals surface area contributed by atoms with Crippen LogP contribution in [0.2, 0.25) is 0 Å². The van der Waals surface area contributed by atoms with Crippen LogP contribution in [0.1, 0.15) is 20.8 Å². The minimum Gasteiger partial charge on any atom is -0.202 e. The summed E-state index contributed by atoms with van der Waals surface area (Å²) in [4.78, 5) is 0. The molecule has 0 spiro atoms. The fraction of sp³-hybridized carbons (Fsp3) is 0.308. The molecule has 0 unspecified atom stereocenters. The van der Waals surface area contributed by atoms with E-state index in [4.69, 9.17) is 0 Å². The Morgan fingerprint density at radius 3 is 2.29 bits per heavy atom. The number of nitrogens with zero attached hydrogens (tertiary/aromatic N) is 1. The molecule has 0 amide bonds. The molecule has 0 atom stereocenters. The normalized spacial score (nSPS) is 14.1. The summed E-state index contributed by atoms with van der Waals surface area (Å²) in [5.74, 6) is 0. The molecular weight excluding hydrogens is 170 g/mol. The van der Waals surface area contributed by atoms with E-state index >= 15 is 0 Å². The number of hydrogen-bond acceptors (Lipinski definition) is 0. The van der Waals surface area contributed by atoms with Gasteiger partial charge >= 0.3 is 0 Å². The molecule has 0 saturated heterocycles. The van der Waals surface area contributed by atoms with Gasteiger partial charge in [-0.05, 0) is 39.0 Å². The maximum absolute atomic E-state index is 4.03. The van der Waals surface area contributed by atoms with Crippen LogP contribution in [0.3, 0.4) is 0 Å². The number of hydrogen-bond donors (Lipinski definition) is 0. The molecule has 1 nitrogen and oxygen atoms in total. The minimum absolute atomic E-state index is 1.00. The molecule has 0 radical (unpaired) electrons. The SMILES string of the molecule is C=C/C=[N+](/C)C(=C)/C(C)=C(C)/C=C\C. The Hall–Kier alpha value is -1.37. The highest BCUT2D eigenvalue weighted by Crippen LogP contribution is 2.13. The Kier molecular flexibility index (Phi) is 5.54. The van der Waals surface area contributed by atoms with E-state index in [-0.39, 0.29) is 0 Å². The Morgan fingerprint density at radius 2 is 1.86 bits per heavy atom. The van der Waals surface area contributed by atoms with Gasteiger partial charge in [-0.15, -0.1) is 0 Å². The Labute approximate surface area is 87.5 Å². The number of allylic oxidation sites excluding steroid dienone is 5. The van der Waals surface area contributed by atoms with Crippen molar-refractivity contribution in [2.75, 3.05) is 7.05 Å². The molecule has 0 bridgehead atoms. The first kappa shape index (κ1) is 12.6. The van der Waals surface area contributed by atoms with Gasteiger partial charge < -0.3 is 0 Å². The van der Waals surface area contributed by atoms with E-state index in [1.807, 2.05) is 30.8 Å². The average molecular weight is 190 g/mol. The number of rotatable bonds is 4. The lowest BCUT2D eigenvalue weighted by atomic mass is 10.1. The molecule has 0 aliphatic rings. The van der Waals surface area contributed by atoms with Crippen molar-refractivity contribution in [1.29, 1.82) is 0 Å². The molecule has 0 aliphatic carbocycles. The highest BCUT2D eigenvalue weighted by molar-refractivity contribution is 5.65. The summed E-state index contributed by atoms with van der Waals surface area (Å²) < 4.78 is 1.97. The fourth-order valence-corrected chi connectivity index (χ4v) is 1.12. The fourth-order valence-electron chi connectivity index (χ4n) is 1.12. The summed E-state index contributed by atoms with van der Waals surface area (Å²) in [5, 5.41) is 0. The van der Waals surface area contributed by atoms with Crippen LogP contribution in [-0.2, 0) is 0 Å². The molecular formula is C13H20N+. The van der Waals surface area contributed by atoms with Crippen molar-refractivity contribution >= 4 is 6.21 Å². The maximum Gasteiger partial charge on any atom is 0.200 e. The molecule has 14 heavy (non-hydrogen) atoms. The third kappa shape index (κ3) is 3.56. The maximum atomic E-state index is 4.03.